The summed E-state index contributed by atoms with van der Waals surface area (Å²) in [4.78, 5) is 44.8. The van der Waals surface area contributed by atoms with Crippen LogP contribution in [0.5, 0.6) is 0 Å². The van der Waals surface area contributed by atoms with Crippen molar-refractivity contribution in [2.45, 2.75) is 19.0 Å². The molecule has 0 unspecified atom stereocenters. The number of aromatic nitrogens is 2. The number of para-hydroxylation sites is 2. The van der Waals surface area contributed by atoms with Crippen LogP contribution >= 0.6 is 23.1 Å². The molecule has 0 atom stereocenters. The lowest BCUT2D eigenvalue weighted by Gasteiger charge is -2.06. The number of anilines is 1. The summed E-state index contributed by atoms with van der Waals surface area (Å²) in [6, 6.07) is 7.59. The Kier molecular flexibility index (Phi) is 6.55. The Bertz CT molecular complexity index is 1040. The van der Waals surface area contributed by atoms with E-state index in [-0.39, 0.29) is 29.7 Å². The molecular weight excluding hydrogens is 412 g/mol. The number of rotatable bonds is 7. The number of aromatic amines is 1. The Hall–Kier alpha value is -2.85. The maximum absolute atomic E-state index is 12.5. The average Bonchev–Trinajstić information content (AvgIpc) is 3.26. The molecule has 0 fully saturated rings. The molecular formula is C19H20N4O4S2. The first-order chi connectivity index (χ1) is 13.9. The third-order valence-electron chi connectivity index (χ3n) is 4.02. The van der Waals surface area contributed by atoms with Gasteiger partial charge in [0.05, 0.1) is 33.8 Å². The van der Waals surface area contributed by atoms with Crippen LogP contribution in [-0.4, -0.2) is 47.2 Å². The van der Waals surface area contributed by atoms with Crippen molar-refractivity contribution in [2.24, 2.45) is 0 Å². The van der Waals surface area contributed by atoms with Crippen LogP contribution in [-0.2, 0) is 9.53 Å². The minimum Gasteiger partial charge on any atom is -0.462 e. The van der Waals surface area contributed by atoms with Crippen LogP contribution in [0.15, 0.2) is 29.4 Å². The number of benzene rings is 1. The molecule has 0 aliphatic carbocycles. The number of thioether (sulfide) groups is 1. The highest BCUT2D eigenvalue weighted by atomic mass is 32.2. The van der Waals surface area contributed by atoms with Crippen LogP contribution in [0.1, 0.15) is 32.5 Å². The molecule has 0 saturated heterocycles. The van der Waals surface area contributed by atoms with Gasteiger partial charge >= 0.3 is 5.97 Å². The van der Waals surface area contributed by atoms with E-state index in [2.05, 4.69) is 20.6 Å². The largest absolute Gasteiger partial charge is 0.462 e. The molecule has 10 heteroatoms. The minimum atomic E-state index is -0.573. The molecule has 8 nitrogen and oxygen atoms in total. The topological polar surface area (TPSA) is 113 Å². The number of nitrogens with one attached hydrogen (secondary N) is 3. The summed E-state index contributed by atoms with van der Waals surface area (Å²) in [5, 5.41) is 6.19. The molecule has 0 aliphatic rings. The molecule has 0 saturated carbocycles. The second-order valence-corrected chi connectivity index (χ2v) is 7.94. The summed E-state index contributed by atoms with van der Waals surface area (Å²) < 4.78 is 5.09. The van der Waals surface area contributed by atoms with Crippen LogP contribution in [0.2, 0.25) is 0 Å². The number of amides is 2. The number of hydrogen-bond acceptors (Lipinski definition) is 7. The Morgan fingerprint density at radius 1 is 1.28 bits per heavy atom. The molecule has 0 bridgehead atoms. The van der Waals surface area contributed by atoms with Crippen molar-refractivity contribution in [1.29, 1.82) is 0 Å². The van der Waals surface area contributed by atoms with Gasteiger partial charge in [-0.2, -0.15) is 0 Å². The van der Waals surface area contributed by atoms with Crippen molar-refractivity contribution in [2.75, 3.05) is 24.7 Å². The molecule has 3 N–H and O–H groups in total. The second-order valence-electron chi connectivity index (χ2n) is 5.96. The molecule has 1 aromatic carbocycles. The highest BCUT2D eigenvalue weighted by Crippen LogP contribution is 2.34. The normalized spacial score (nSPS) is 10.7. The van der Waals surface area contributed by atoms with Crippen LogP contribution in [0, 0.1) is 6.92 Å². The van der Waals surface area contributed by atoms with Gasteiger partial charge in [-0.05, 0) is 31.5 Å². The highest BCUT2D eigenvalue weighted by molar-refractivity contribution is 7.99. The van der Waals surface area contributed by atoms with E-state index >= 15 is 0 Å². The number of esters is 1. The first-order valence-electron chi connectivity index (χ1n) is 8.84. The number of fused-ring (bicyclic) bond motifs is 1. The first-order valence-corrected chi connectivity index (χ1v) is 10.6. The lowest BCUT2D eigenvalue weighted by atomic mass is 10.1. The third kappa shape index (κ3) is 4.60. The van der Waals surface area contributed by atoms with E-state index in [1.807, 2.05) is 24.3 Å². The van der Waals surface area contributed by atoms with Crippen molar-refractivity contribution in [3.8, 4) is 0 Å². The number of imidazole rings is 1. The van der Waals surface area contributed by atoms with Crippen LogP contribution in [0.4, 0.5) is 5.00 Å². The maximum atomic E-state index is 12.5. The Labute approximate surface area is 175 Å². The zero-order valence-corrected chi connectivity index (χ0v) is 17.8. The van der Waals surface area contributed by atoms with Gasteiger partial charge in [-0.25, -0.2) is 9.78 Å². The van der Waals surface area contributed by atoms with Gasteiger partial charge in [0.15, 0.2) is 5.16 Å². The number of H-pyrrole nitrogens is 1. The van der Waals surface area contributed by atoms with E-state index in [4.69, 9.17) is 4.74 Å². The molecule has 152 valence electrons. The third-order valence-corrected chi connectivity index (χ3v) is 6.10. The molecule has 0 spiro atoms. The van der Waals surface area contributed by atoms with Gasteiger partial charge in [0.2, 0.25) is 5.91 Å². The van der Waals surface area contributed by atoms with Crippen molar-refractivity contribution >= 4 is 56.9 Å². The van der Waals surface area contributed by atoms with Gasteiger partial charge in [0.1, 0.15) is 5.00 Å². The fourth-order valence-corrected chi connectivity index (χ4v) is 4.52. The molecule has 0 aliphatic heterocycles. The molecule has 3 aromatic rings. The van der Waals surface area contributed by atoms with E-state index in [1.165, 1.54) is 18.8 Å². The summed E-state index contributed by atoms with van der Waals surface area (Å²) in [7, 11) is 1.51. The van der Waals surface area contributed by atoms with Gasteiger partial charge in [-0.1, -0.05) is 23.9 Å². The molecule has 2 aromatic heterocycles. The number of ether oxygens (including phenoxy) is 1. The standard InChI is InChI=1S/C19H20N4O4S2/c1-4-27-18(26)14-10(2)15(16(25)20-3)29-17(14)23-13(24)9-28-19-21-11-7-5-6-8-12(11)22-19/h5-8H,4,9H2,1-3H3,(H,20,25)(H,21,22)(H,23,24). The van der Waals surface area contributed by atoms with E-state index < -0.39 is 5.97 Å². The van der Waals surface area contributed by atoms with Crippen LogP contribution < -0.4 is 10.6 Å². The minimum absolute atomic E-state index is 0.0916. The van der Waals surface area contributed by atoms with Gasteiger partial charge in [-0.3, -0.25) is 9.59 Å². The number of hydrogen-bond donors (Lipinski definition) is 3. The van der Waals surface area contributed by atoms with Gasteiger partial charge in [0, 0.05) is 7.05 Å². The Morgan fingerprint density at radius 3 is 2.72 bits per heavy atom. The number of nitrogens with zero attached hydrogens (tertiary/aromatic N) is 1. The smallest absolute Gasteiger partial charge is 0.341 e. The zero-order chi connectivity index (χ0) is 21.0. The Morgan fingerprint density at radius 2 is 2.03 bits per heavy atom. The monoisotopic (exact) mass is 432 g/mol. The van der Waals surface area contributed by atoms with Gasteiger partial charge in [0.25, 0.3) is 5.91 Å². The van der Waals surface area contributed by atoms with E-state index in [9.17, 15) is 14.4 Å². The fourth-order valence-electron chi connectivity index (χ4n) is 2.68. The SMILES string of the molecule is CCOC(=O)c1c(NC(=O)CSc2nc3ccccc3[nH]2)sc(C(=O)NC)c1C. The second kappa shape index (κ2) is 9.10. The Balaban J connectivity index is 1.75. The predicted octanol–water partition coefficient (Wildman–Crippen LogP) is 3.20. The number of thiophene rings is 1. The quantitative estimate of drug-likeness (QED) is 0.390. The first kappa shape index (κ1) is 20.9. The van der Waals surface area contributed by atoms with Crippen molar-refractivity contribution < 1.29 is 19.1 Å². The van der Waals surface area contributed by atoms with Crippen molar-refractivity contribution in [3.05, 3.63) is 40.3 Å². The summed E-state index contributed by atoms with van der Waals surface area (Å²) in [5.41, 5.74) is 2.40. The van der Waals surface area contributed by atoms with Crippen LogP contribution in [0.3, 0.4) is 0 Å². The number of carbonyl (C=O) groups excluding carboxylic acids is 3. The summed E-state index contributed by atoms with van der Waals surface area (Å²) in [5.74, 6) is -1.12. The van der Waals surface area contributed by atoms with E-state index in [0.29, 0.717) is 20.6 Å². The lowest BCUT2D eigenvalue weighted by Crippen LogP contribution is -2.18. The molecule has 2 heterocycles. The molecule has 29 heavy (non-hydrogen) atoms. The lowest BCUT2D eigenvalue weighted by molar-refractivity contribution is -0.113. The van der Waals surface area contributed by atoms with E-state index in [0.717, 1.165) is 22.4 Å². The van der Waals surface area contributed by atoms with Gasteiger partial charge < -0.3 is 20.4 Å². The van der Waals surface area contributed by atoms with Crippen molar-refractivity contribution in [1.82, 2.24) is 15.3 Å². The van der Waals surface area contributed by atoms with E-state index in [1.54, 1.807) is 13.8 Å². The fraction of sp³-hybridized carbons (Fsp3) is 0.263. The summed E-state index contributed by atoms with van der Waals surface area (Å²) in [6.45, 7) is 3.55. The predicted molar refractivity (Wildman–Crippen MR) is 114 cm³/mol. The number of carbonyl (C=O) groups is 3. The van der Waals surface area contributed by atoms with Crippen LogP contribution in [0.25, 0.3) is 11.0 Å². The average molecular weight is 433 g/mol. The summed E-state index contributed by atoms with van der Waals surface area (Å²) >= 11 is 2.30. The summed E-state index contributed by atoms with van der Waals surface area (Å²) in [6.07, 6.45) is 0. The van der Waals surface area contributed by atoms with Gasteiger partial charge in [-0.15, -0.1) is 11.3 Å². The molecule has 0 radical (unpaired) electrons. The maximum Gasteiger partial charge on any atom is 0.341 e. The highest BCUT2D eigenvalue weighted by Gasteiger charge is 2.26. The zero-order valence-electron chi connectivity index (χ0n) is 16.1. The molecule has 3 rings (SSSR count). The van der Waals surface area contributed by atoms with Crippen molar-refractivity contribution in [3.63, 3.8) is 0 Å². The molecule has 2 amide bonds.